The third kappa shape index (κ3) is 62.8. The van der Waals surface area contributed by atoms with Crippen LogP contribution in [-0.4, -0.2) is 42.1 Å². The summed E-state index contributed by atoms with van der Waals surface area (Å²) < 4.78 is 40.8. The van der Waals surface area contributed by atoms with E-state index < -0.39 is 12.7 Å². The van der Waals surface area contributed by atoms with Gasteiger partial charge in [-0.15, -0.1) is 24.0 Å². The SMILES string of the molecule is CC.CC(C)(C)OC(=O)CCC(=CF)CBr.CCCC(=CF)CN.CCCC(=CF)CNB(C)O.I.II.I[I-]I. The van der Waals surface area contributed by atoms with Crippen LogP contribution in [0, 0.1) is 0 Å². The van der Waals surface area contributed by atoms with E-state index >= 15 is 0 Å². The molecule has 4 N–H and O–H groups in total. The Bertz CT molecular complexity index is 622. The van der Waals surface area contributed by atoms with Crippen LogP contribution in [0.3, 0.4) is 0 Å². The van der Waals surface area contributed by atoms with E-state index in [1.165, 1.54) is 0 Å². The number of esters is 1. The van der Waals surface area contributed by atoms with E-state index in [9.17, 15) is 18.0 Å². The van der Waals surface area contributed by atoms with Gasteiger partial charge >= 0.3 is 63.5 Å². The molecule has 0 aliphatic carbocycles. The van der Waals surface area contributed by atoms with Crippen molar-refractivity contribution in [3.05, 3.63) is 35.7 Å². The van der Waals surface area contributed by atoms with Crippen molar-refractivity contribution in [3.8, 4) is 0 Å². The molecule has 41 heavy (non-hydrogen) atoms. The summed E-state index contributed by atoms with van der Waals surface area (Å²) in [4.78, 5) is 11.2. The zero-order chi connectivity index (χ0) is 33.0. The molecule has 0 atom stereocenters. The zero-order valence-electron chi connectivity index (χ0n) is 25.3. The molecule has 0 amide bonds. The van der Waals surface area contributed by atoms with Crippen LogP contribution in [0.25, 0.3) is 0 Å². The Morgan fingerprint density at radius 1 is 0.976 bits per heavy atom. The molecular formula is C25H50BBrF3I6N2O3-. The fourth-order valence-corrected chi connectivity index (χ4v) is 2.51. The molecule has 0 aliphatic heterocycles. The van der Waals surface area contributed by atoms with Crippen molar-refractivity contribution >= 4 is 127 Å². The molecule has 0 aromatic carbocycles. The molecule has 0 aromatic rings. The first-order valence-corrected chi connectivity index (χ1v) is 32.6. The maximum atomic E-state index is 12.1. The Labute approximate surface area is 327 Å². The van der Waals surface area contributed by atoms with Crippen LogP contribution >= 0.6 is 114 Å². The number of nitrogens with two attached hydrogens (primary N) is 1. The van der Waals surface area contributed by atoms with Gasteiger partial charge in [-0.05, 0) is 63.6 Å². The molecule has 0 rings (SSSR count). The van der Waals surface area contributed by atoms with Crippen molar-refractivity contribution in [1.82, 2.24) is 5.23 Å². The number of hydrogen-bond donors (Lipinski definition) is 3. The average Bonchev–Trinajstić information content (AvgIpc) is 2.92. The Kier molecular flexibility index (Phi) is 73.0. The van der Waals surface area contributed by atoms with Gasteiger partial charge in [0.1, 0.15) is 5.60 Å². The summed E-state index contributed by atoms with van der Waals surface area (Å²) in [5, 5.41) is 12.0. The minimum absolute atomic E-state index is 0. The zero-order valence-corrected chi connectivity index (χ0v) is 40.0. The predicted molar refractivity (Wildman–Crippen MR) is 220 cm³/mol. The molecular weight excluding hydrogens is 1290 g/mol. The monoisotopic (exact) mass is 1330 g/mol. The van der Waals surface area contributed by atoms with Gasteiger partial charge in [0.2, 0.25) is 0 Å². The molecule has 5 nitrogen and oxygen atoms in total. The van der Waals surface area contributed by atoms with E-state index in [2.05, 4.69) is 95.6 Å². The number of rotatable bonds is 12. The van der Waals surface area contributed by atoms with E-state index in [1.54, 1.807) is 27.6 Å². The standard InChI is InChI=1S/C10H16BrFO2.C7H15BFNO.C6H12FN.C2H6.I3.I2.HI/c1-10(2,3)14-9(13)5-4-8(6-11)7-12;1-3-4-7(5-9)6-10-8(2)11;1-2-3-6(4-7)5-8;1-2;1-3-2;1-2;/h7H,4-6H2,1-3H3;5,10-11H,3-4,6H2,1-2H3;4H,2-3,5,8H2,1H3;1-2H3;;;1H/q;;;;-1;;. The predicted octanol–water partition coefficient (Wildman–Crippen LogP) is 8.49. The van der Waals surface area contributed by atoms with Gasteiger partial charge in [0.25, 0.3) is 0 Å². The van der Waals surface area contributed by atoms with Crippen molar-refractivity contribution in [2.45, 2.75) is 99.4 Å². The van der Waals surface area contributed by atoms with Gasteiger partial charge in [0, 0.05) is 62.1 Å². The number of allylic oxidation sites excluding steroid dienone is 1. The summed E-state index contributed by atoms with van der Waals surface area (Å²) in [6.45, 7) is 15.8. The van der Waals surface area contributed by atoms with Crippen molar-refractivity contribution in [3.63, 3.8) is 0 Å². The van der Waals surface area contributed by atoms with E-state index in [-0.39, 0.29) is 36.4 Å². The van der Waals surface area contributed by atoms with Gasteiger partial charge in [-0.2, -0.15) is 0 Å². The second-order valence-electron chi connectivity index (χ2n) is 8.34. The molecule has 16 heteroatoms. The molecule has 0 unspecified atom stereocenters. The number of halogens is 10. The number of hydrogen-bond acceptors (Lipinski definition) is 5. The van der Waals surface area contributed by atoms with Gasteiger partial charge < -0.3 is 20.7 Å². The first-order valence-electron chi connectivity index (χ1n) is 12.6. The average molecular weight is 1340 g/mol. The van der Waals surface area contributed by atoms with Crippen molar-refractivity contribution in [2.75, 3.05) is 18.4 Å². The van der Waals surface area contributed by atoms with Crippen LogP contribution in [0.5, 0.6) is 0 Å². The van der Waals surface area contributed by atoms with Crippen LogP contribution in [0.15, 0.2) is 35.7 Å². The second kappa shape index (κ2) is 50.1. The molecule has 0 fully saturated rings. The summed E-state index contributed by atoms with van der Waals surface area (Å²) >= 11 is 12.7. The molecule has 0 radical (unpaired) electrons. The van der Waals surface area contributed by atoms with Crippen LogP contribution in [0.1, 0.15) is 87.0 Å². The fraction of sp³-hybridized carbons (Fsp3) is 0.720. The van der Waals surface area contributed by atoms with Gasteiger partial charge in [-0.3, -0.25) is 4.79 Å². The number of carbonyl (C=O) groups excluding carboxylic acids is 1. The van der Waals surface area contributed by atoms with Gasteiger partial charge in [0.05, 0.1) is 19.0 Å². The maximum absolute atomic E-state index is 12.1. The normalized spacial score (nSPS) is 10.7. The van der Waals surface area contributed by atoms with E-state index in [0.717, 1.165) is 25.7 Å². The Balaban J connectivity index is -0.0000000769. The van der Waals surface area contributed by atoms with Crippen LogP contribution in [0.2, 0.25) is 6.82 Å². The minimum atomic E-state index is -0.568. The molecule has 0 bridgehead atoms. The number of alkyl halides is 1. The molecule has 0 aromatic heterocycles. The molecule has 252 valence electrons. The second-order valence-corrected chi connectivity index (χ2v) is 25.1. The summed E-state index contributed by atoms with van der Waals surface area (Å²) in [5.41, 5.74) is 6.66. The summed E-state index contributed by atoms with van der Waals surface area (Å²) in [6, 6.07) is 0. The van der Waals surface area contributed by atoms with E-state index in [0.29, 0.717) is 73.8 Å². The quantitative estimate of drug-likeness (QED) is 0.0791. The Morgan fingerprint density at radius 3 is 1.61 bits per heavy atom. The van der Waals surface area contributed by atoms with E-state index in [1.807, 2.05) is 27.7 Å². The Morgan fingerprint density at radius 2 is 1.37 bits per heavy atom. The first kappa shape index (κ1) is 59.7. The topological polar surface area (TPSA) is 84.6 Å². The molecule has 0 heterocycles. The van der Waals surface area contributed by atoms with Gasteiger partial charge in [0.15, 0.2) is 0 Å². The summed E-state index contributed by atoms with van der Waals surface area (Å²) in [7, 11) is -0.568. The van der Waals surface area contributed by atoms with Gasteiger partial charge in [-0.25, -0.2) is 13.2 Å². The van der Waals surface area contributed by atoms with Crippen molar-refractivity contribution in [2.24, 2.45) is 5.73 Å². The van der Waals surface area contributed by atoms with Crippen molar-refractivity contribution < 1.29 is 41.0 Å². The third-order valence-electron chi connectivity index (χ3n) is 3.73. The first-order chi connectivity index (χ1) is 18.8. The van der Waals surface area contributed by atoms with Crippen LogP contribution in [0.4, 0.5) is 13.2 Å². The Hall–Kier alpha value is 3.28. The number of carbonyl (C=O) groups is 1. The molecule has 0 saturated heterocycles. The van der Waals surface area contributed by atoms with Crippen LogP contribution in [-0.2, 0) is 9.53 Å². The number of ether oxygens (including phenoxy) is 1. The van der Waals surface area contributed by atoms with E-state index in [4.69, 9.17) is 15.5 Å². The number of nitrogens with one attached hydrogen (secondary N) is 1. The van der Waals surface area contributed by atoms with Crippen LogP contribution < -0.4 is 24.2 Å². The summed E-state index contributed by atoms with van der Waals surface area (Å²) in [6.07, 6.45) is 5.78. The third-order valence-corrected chi connectivity index (χ3v) is 4.45. The molecule has 0 aliphatic rings. The van der Waals surface area contributed by atoms with Gasteiger partial charge in [-0.1, -0.05) is 56.5 Å². The fourth-order valence-electron chi connectivity index (χ4n) is 2.11. The van der Waals surface area contributed by atoms with Crippen molar-refractivity contribution in [1.29, 1.82) is 0 Å². The molecule has 0 saturated carbocycles. The molecule has 0 spiro atoms. The summed E-state index contributed by atoms with van der Waals surface area (Å²) in [5.74, 6) is -0.294.